The molecule has 0 radical (unpaired) electrons. The number of hydrogen-bond donors (Lipinski definition) is 2. The molecule has 1 aromatic carbocycles. The zero-order valence-corrected chi connectivity index (χ0v) is 23.4. The molecule has 1 amide bonds. The molecule has 0 spiro atoms. The van der Waals surface area contributed by atoms with Crippen LogP contribution in [0.25, 0.3) is 0 Å². The normalized spacial score (nSPS) is 21.7. The molecule has 1 fully saturated rings. The van der Waals surface area contributed by atoms with Crippen molar-refractivity contribution in [2.75, 3.05) is 40.0 Å². The molecule has 41 heavy (non-hydrogen) atoms. The first-order valence-electron chi connectivity index (χ1n) is 12.6. The monoisotopic (exact) mass is 585 g/mol. The summed E-state index contributed by atoms with van der Waals surface area (Å²) in [6.07, 6.45) is -7.14. The molecule has 1 aliphatic heterocycles. The second-order valence-corrected chi connectivity index (χ2v) is 8.79. The molecule has 5 atom stereocenters. The van der Waals surface area contributed by atoms with Crippen molar-refractivity contribution in [1.29, 1.82) is 0 Å². The molecular weight excluding hydrogens is 550 g/mol. The summed E-state index contributed by atoms with van der Waals surface area (Å²) < 4.78 is 38.5. The van der Waals surface area contributed by atoms with Gasteiger partial charge in [0, 0.05) is 46.3 Å². The molecule has 15 nitrogen and oxygen atoms in total. The van der Waals surface area contributed by atoms with Gasteiger partial charge in [-0.15, -0.1) is 0 Å². The van der Waals surface area contributed by atoms with Gasteiger partial charge in [0.05, 0.1) is 20.3 Å². The fourth-order valence-electron chi connectivity index (χ4n) is 4.05. The van der Waals surface area contributed by atoms with E-state index in [1.165, 1.54) is 30.2 Å². The Hall–Kier alpha value is -3.95. The summed E-state index contributed by atoms with van der Waals surface area (Å²) in [4.78, 5) is 61.8. The van der Waals surface area contributed by atoms with Crippen LogP contribution in [0.4, 0.5) is 0 Å². The molecule has 0 saturated carbocycles. The highest BCUT2D eigenvalue weighted by molar-refractivity contribution is 5.95. The minimum absolute atomic E-state index is 0.0404. The maximum atomic E-state index is 13.1. The Kier molecular flexibility index (Phi) is 12.8. The minimum atomic E-state index is -1.55. The third-order valence-electron chi connectivity index (χ3n) is 5.63. The Bertz CT molecular complexity index is 1090. The van der Waals surface area contributed by atoms with Crippen LogP contribution in [-0.2, 0) is 42.9 Å². The van der Waals surface area contributed by atoms with Gasteiger partial charge in [-0.1, -0.05) is 0 Å². The van der Waals surface area contributed by atoms with Crippen LogP contribution in [0, 0.1) is 0 Å². The van der Waals surface area contributed by atoms with Crippen molar-refractivity contribution in [2.24, 2.45) is 0 Å². The van der Waals surface area contributed by atoms with Crippen LogP contribution in [0.3, 0.4) is 0 Å². The first-order valence-corrected chi connectivity index (χ1v) is 12.6. The third kappa shape index (κ3) is 9.58. The van der Waals surface area contributed by atoms with Gasteiger partial charge in [-0.25, -0.2) is 0 Å². The van der Waals surface area contributed by atoms with Crippen LogP contribution in [0.1, 0.15) is 38.1 Å². The standard InChI is InChI=1S/C26H35NO14/c1-14(30)36-13-21-22(37-15(2)31)23(38-16(3)32)24(39-17(4)33)26(41-21)40-20-12-18(6-7-19(20)35-5)25(34)27(8-10-28)9-11-29/h6-7,12,21-24,26,28-29H,8-11,13H2,1-5H3/t21-,22-,23+,24-,26-/m1/s1. The highest BCUT2D eigenvalue weighted by atomic mass is 16.7. The summed E-state index contributed by atoms with van der Waals surface area (Å²) in [5.41, 5.74) is 0.0911. The SMILES string of the molecule is COc1ccc(C(=O)N(CCO)CCO)cc1O[C@@H]1O[C@H](COC(C)=O)[C@@H](OC(C)=O)[C@H](OC(C)=O)[C@H]1OC(C)=O. The molecule has 2 rings (SSSR count). The van der Waals surface area contributed by atoms with Gasteiger partial charge >= 0.3 is 23.9 Å². The third-order valence-corrected chi connectivity index (χ3v) is 5.63. The molecule has 0 aliphatic carbocycles. The van der Waals surface area contributed by atoms with E-state index >= 15 is 0 Å². The molecule has 1 saturated heterocycles. The summed E-state index contributed by atoms with van der Waals surface area (Å²) in [6.45, 7) is 3.21. The Morgan fingerprint density at radius 3 is 1.88 bits per heavy atom. The molecule has 1 heterocycles. The van der Waals surface area contributed by atoms with Crippen molar-refractivity contribution < 1.29 is 67.3 Å². The predicted molar refractivity (Wildman–Crippen MR) is 136 cm³/mol. The number of esters is 4. The van der Waals surface area contributed by atoms with Crippen molar-refractivity contribution in [1.82, 2.24) is 4.90 Å². The Balaban J connectivity index is 2.57. The van der Waals surface area contributed by atoms with Crippen molar-refractivity contribution in [3.63, 3.8) is 0 Å². The van der Waals surface area contributed by atoms with Crippen LogP contribution in [-0.4, -0.2) is 116 Å². The van der Waals surface area contributed by atoms with E-state index in [2.05, 4.69) is 0 Å². The summed E-state index contributed by atoms with van der Waals surface area (Å²) in [6, 6.07) is 4.16. The van der Waals surface area contributed by atoms with Gasteiger partial charge < -0.3 is 48.3 Å². The molecule has 228 valence electrons. The number of methoxy groups -OCH3 is 1. The van der Waals surface area contributed by atoms with Gasteiger partial charge in [-0.05, 0) is 18.2 Å². The van der Waals surface area contributed by atoms with E-state index in [9.17, 15) is 34.2 Å². The van der Waals surface area contributed by atoms with Gasteiger partial charge in [0.2, 0.25) is 12.4 Å². The van der Waals surface area contributed by atoms with Gasteiger partial charge in [-0.2, -0.15) is 0 Å². The summed E-state index contributed by atoms with van der Waals surface area (Å²) in [5, 5.41) is 18.6. The lowest BCUT2D eigenvalue weighted by molar-refractivity contribution is -0.288. The first-order chi connectivity index (χ1) is 19.4. The van der Waals surface area contributed by atoms with Crippen molar-refractivity contribution >= 4 is 29.8 Å². The van der Waals surface area contributed by atoms with Crippen LogP contribution < -0.4 is 9.47 Å². The Morgan fingerprint density at radius 1 is 0.805 bits per heavy atom. The topological polar surface area (TPSA) is 194 Å². The van der Waals surface area contributed by atoms with Crippen LogP contribution in [0.15, 0.2) is 18.2 Å². The predicted octanol–water partition coefficient (Wildman–Crippen LogP) is -0.416. The largest absolute Gasteiger partial charge is 0.493 e. The molecule has 0 unspecified atom stereocenters. The second-order valence-electron chi connectivity index (χ2n) is 8.79. The number of rotatable bonds is 13. The number of amides is 1. The lowest BCUT2D eigenvalue weighted by atomic mass is 9.98. The van der Waals surface area contributed by atoms with Crippen LogP contribution in [0.2, 0.25) is 0 Å². The highest BCUT2D eigenvalue weighted by Gasteiger charge is 2.53. The smallest absolute Gasteiger partial charge is 0.303 e. The maximum Gasteiger partial charge on any atom is 0.303 e. The van der Waals surface area contributed by atoms with E-state index in [1.807, 2.05) is 0 Å². The van der Waals surface area contributed by atoms with E-state index < -0.39 is 67.1 Å². The van der Waals surface area contributed by atoms with Crippen LogP contribution >= 0.6 is 0 Å². The molecule has 15 heteroatoms. The highest BCUT2D eigenvalue weighted by Crippen LogP contribution is 2.35. The summed E-state index contributed by atoms with van der Waals surface area (Å²) in [7, 11) is 1.33. The van der Waals surface area contributed by atoms with E-state index in [-0.39, 0.29) is 43.4 Å². The lowest BCUT2D eigenvalue weighted by Gasteiger charge is -2.44. The maximum absolute atomic E-state index is 13.1. The molecule has 1 aliphatic rings. The number of carbonyl (C=O) groups is 5. The number of aliphatic hydroxyl groups excluding tert-OH is 2. The molecule has 1 aromatic rings. The molecule has 2 N–H and O–H groups in total. The van der Waals surface area contributed by atoms with Gasteiger partial charge in [0.25, 0.3) is 5.91 Å². The number of aliphatic hydroxyl groups is 2. The average Bonchev–Trinajstić information content (AvgIpc) is 2.89. The average molecular weight is 586 g/mol. The Morgan fingerprint density at radius 2 is 1.37 bits per heavy atom. The van der Waals surface area contributed by atoms with E-state index in [4.69, 9.17) is 33.2 Å². The second kappa shape index (κ2) is 15.7. The number of ether oxygens (including phenoxy) is 7. The number of nitrogens with zero attached hydrogens (tertiary/aromatic N) is 1. The quantitative estimate of drug-likeness (QED) is 0.224. The van der Waals surface area contributed by atoms with Gasteiger partial charge in [-0.3, -0.25) is 24.0 Å². The zero-order chi connectivity index (χ0) is 30.7. The molecular formula is C26H35NO14. The molecule has 0 aromatic heterocycles. The number of carbonyl (C=O) groups excluding carboxylic acids is 5. The van der Waals surface area contributed by atoms with Crippen molar-refractivity contribution in [2.45, 2.75) is 58.4 Å². The van der Waals surface area contributed by atoms with E-state index in [1.54, 1.807) is 0 Å². The summed E-state index contributed by atoms with van der Waals surface area (Å²) in [5.74, 6) is -3.56. The zero-order valence-electron chi connectivity index (χ0n) is 23.4. The van der Waals surface area contributed by atoms with Crippen LogP contribution in [0.5, 0.6) is 11.5 Å². The van der Waals surface area contributed by atoms with Crippen molar-refractivity contribution in [3.8, 4) is 11.5 Å². The number of benzene rings is 1. The first kappa shape index (κ1) is 33.3. The van der Waals surface area contributed by atoms with Crippen molar-refractivity contribution in [3.05, 3.63) is 23.8 Å². The Labute approximate surface area is 236 Å². The van der Waals surface area contributed by atoms with E-state index in [0.29, 0.717) is 0 Å². The number of hydrogen-bond acceptors (Lipinski definition) is 14. The fourth-order valence-corrected chi connectivity index (χ4v) is 4.05. The fraction of sp³-hybridized carbons (Fsp3) is 0.577. The molecule has 0 bridgehead atoms. The van der Waals surface area contributed by atoms with Gasteiger partial charge in [0.15, 0.2) is 23.7 Å². The van der Waals surface area contributed by atoms with E-state index in [0.717, 1.165) is 27.7 Å². The lowest BCUT2D eigenvalue weighted by Crippen LogP contribution is -2.63. The minimum Gasteiger partial charge on any atom is -0.493 e. The summed E-state index contributed by atoms with van der Waals surface area (Å²) >= 11 is 0. The van der Waals surface area contributed by atoms with Gasteiger partial charge in [0.1, 0.15) is 12.7 Å².